The maximum absolute atomic E-state index is 12.4. The molecular weight excluding hydrogens is 242 g/mol. The lowest BCUT2D eigenvalue weighted by Gasteiger charge is -2.32. The molecule has 1 aromatic rings. The summed E-state index contributed by atoms with van der Waals surface area (Å²) < 4.78 is 5.57. The number of aromatic nitrogens is 1. The van der Waals surface area contributed by atoms with E-state index >= 15 is 0 Å². The minimum atomic E-state index is -0.00148. The van der Waals surface area contributed by atoms with Crippen LogP contribution in [0.5, 0.6) is 0 Å². The summed E-state index contributed by atoms with van der Waals surface area (Å²) in [5, 5.41) is 3.43. The standard InChI is InChI=1S/C14H21N3O2/c1-9-10(2)19-13(15-9)8-17-7-3-4-12(14(17)18)16-11-5-6-11/h11-12,16H,3-8H2,1-2H3. The number of carbonyl (C=O) groups is 1. The fourth-order valence-corrected chi connectivity index (χ4v) is 2.56. The molecule has 2 fully saturated rings. The molecule has 1 atom stereocenters. The SMILES string of the molecule is Cc1nc(CN2CCCC(NC3CC3)C2=O)oc1C. The minimum Gasteiger partial charge on any atom is -0.444 e. The number of hydrogen-bond acceptors (Lipinski definition) is 4. The molecular formula is C14H21N3O2. The van der Waals surface area contributed by atoms with Crippen molar-refractivity contribution in [3.8, 4) is 0 Å². The van der Waals surface area contributed by atoms with E-state index in [4.69, 9.17) is 4.42 Å². The molecule has 1 N–H and O–H groups in total. The van der Waals surface area contributed by atoms with Crippen molar-refractivity contribution < 1.29 is 9.21 Å². The number of rotatable bonds is 4. The minimum absolute atomic E-state index is 0.00148. The number of carbonyl (C=O) groups excluding carboxylic acids is 1. The van der Waals surface area contributed by atoms with Crippen LogP contribution >= 0.6 is 0 Å². The van der Waals surface area contributed by atoms with Crippen molar-refractivity contribution in [2.45, 2.75) is 58.2 Å². The Labute approximate surface area is 113 Å². The molecule has 0 radical (unpaired) electrons. The van der Waals surface area contributed by atoms with E-state index in [9.17, 15) is 4.79 Å². The average Bonchev–Trinajstić information content (AvgIpc) is 3.12. The van der Waals surface area contributed by atoms with E-state index < -0.39 is 0 Å². The first-order valence-electron chi connectivity index (χ1n) is 7.11. The highest BCUT2D eigenvalue weighted by atomic mass is 16.4. The van der Waals surface area contributed by atoms with Crippen LogP contribution in [0.4, 0.5) is 0 Å². The molecule has 2 aliphatic rings. The number of hydrogen-bond donors (Lipinski definition) is 1. The zero-order valence-corrected chi connectivity index (χ0v) is 11.6. The molecule has 1 amide bonds. The average molecular weight is 263 g/mol. The molecule has 0 aromatic carbocycles. The Morgan fingerprint density at radius 2 is 2.16 bits per heavy atom. The Morgan fingerprint density at radius 3 is 2.79 bits per heavy atom. The summed E-state index contributed by atoms with van der Waals surface area (Å²) in [5.41, 5.74) is 0.909. The monoisotopic (exact) mass is 263 g/mol. The maximum Gasteiger partial charge on any atom is 0.240 e. The second-order valence-electron chi connectivity index (χ2n) is 5.64. The maximum atomic E-state index is 12.4. The zero-order valence-electron chi connectivity index (χ0n) is 11.6. The van der Waals surface area contributed by atoms with Gasteiger partial charge >= 0.3 is 0 Å². The molecule has 1 saturated carbocycles. The third kappa shape index (κ3) is 2.81. The van der Waals surface area contributed by atoms with Gasteiger partial charge in [-0.05, 0) is 39.5 Å². The highest BCUT2D eigenvalue weighted by Gasteiger charge is 2.33. The van der Waals surface area contributed by atoms with Gasteiger partial charge in [0.05, 0.1) is 18.3 Å². The molecule has 2 heterocycles. The quantitative estimate of drug-likeness (QED) is 0.895. The molecule has 5 nitrogen and oxygen atoms in total. The predicted octanol–water partition coefficient (Wildman–Crippen LogP) is 1.53. The topological polar surface area (TPSA) is 58.4 Å². The normalized spacial score (nSPS) is 24.0. The number of aryl methyl sites for hydroxylation is 2. The van der Waals surface area contributed by atoms with Crippen LogP contribution in [0.25, 0.3) is 0 Å². The number of amides is 1. The summed E-state index contributed by atoms with van der Waals surface area (Å²) in [6.07, 6.45) is 4.42. The molecule has 5 heteroatoms. The van der Waals surface area contributed by atoms with Crippen LogP contribution in [-0.4, -0.2) is 34.4 Å². The van der Waals surface area contributed by atoms with Gasteiger partial charge in [0.1, 0.15) is 5.76 Å². The Hall–Kier alpha value is -1.36. The molecule has 1 saturated heterocycles. The van der Waals surface area contributed by atoms with Gasteiger partial charge in [0, 0.05) is 12.6 Å². The van der Waals surface area contributed by atoms with Gasteiger partial charge in [-0.3, -0.25) is 4.79 Å². The van der Waals surface area contributed by atoms with Gasteiger partial charge in [-0.25, -0.2) is 4.98 Å². The van der Waals surface area contributed by atoms with Gasteiger partial charge < -0.3 is 14.6 Å². The lowest BCUT2D eigenvalue weighted by Crippen LogP contribution is -2.50. The molecule has 19 heavy (non-hydrogen) atoms. The number of piperidine rings is 1. The van der Waals surface area contributed by atoms with E-state index in [1.54, 1.807) is 0 Å². The molecule has 0 spiro atoms. The van der Waals surface area contributed by atoms with Gasteiger partial charge in [0.25, 0.3) is 0 Å². The number of nitrogens with zero attached hydrogens (tertiary/aromatic N) is 2. The highest BCUT2D eigenvalue weighted by Crippen LogP contribution is 2.23. The van der Waals surface area contributed by atoms with Crippen LogP contribution in [0.1, 0.15) is 43.0 Å². The van der Waals surface area contributed by atoms with Crippen LogP contribution < -0.4 is 5.32 Å². The summed E-state index contributed by atoms with van der Waals surface area (Å²) in [6, 6.07) is 0.568. The Balaban J connectivity index is 1.64. The van der Waals surface area contributed by atoms with Gasteiger partial charge in [0.2, 0.25) is 11.8 Å². The van der Waals surface area contributed by atoms with Crippen LogP contribution in [-0.2, 0) is 11.3 Å². The van der Waals surface area contributed by atoms with E-state index in [2.05, 4.69) is 10.3 Å². The van der Waals surface area contributed by atoms with Crippen molar-refractivity contribution in [3.63, 3.8) is 0 Å². The first-order valence-corrected chi connectivity index (χ1v) is 7.11. The molecule has 1 aliphatic heterocycles. The largest absolute Gasteiger partial charge is 0.444 e. The van der Waals surface area contributed by atoms with Crippen molar-refractivity contribution in [1.29, 1.82) is 0 Å². The molecule has 0 bridgehead atoms. The number of likely N-dealkylation sites (tertiary alicyclic amines) is 1. The first kappa shape index (κ1) is 12.7. The van der Waals surface area contributed by atoms with Crippen molar-refractivity contribution in [2.75, 3.05) is 6.54 Å². The molecule has 1 aromatic heterocycles. The summed E-state index contributed by atoms with van der Waals surface area (Å²) in [6.45, 7) is 5.14. The van der Waals surface area contributed by atoms with Gasteiger partial charge in [-0.1, -0.05) is 0 Å². The van der Waals surface area contributed by atoms with E-state index in [1.165, 1.54) is 12.8 Å². The summed E-state index contributed by atoms with van der Waals surface area (Å²) in [4.78, 5) is 18.6. The number of oxazole rings is 1. The molecule has 1 aliphatic carbocycles. The van der Waals surface area contributed by atoms with Crippen molar-refractivity contribution in [3.05, 3.63) is 17.3 Å². The van der Waals surface area contributed by atoms with E-state index in [-0.39, 0.29) is 11.9 Å². The number of nitrogens with one attached hydrogen (secondary N) is 1. The highest BCUT2D eigenvalue weighted by molar-refractivity contribution is 5.82. The van der Waals surface area contributed by atoms with Gasteiger partial charge in [0.15, 0.2) is 0 Å². The second-order valence-corrected chi connectivity index (χ2v) is 5.64. The van der Waals surface area contributed by atoms with Crippen molar-refractivity contribution >= 4 is 5.91 Å². The molecule has 3 rings (SSSR count). The van der Waals surface area contributed by atoms with Gasteiger partial charge in [-0.2, -0.15) is 0 Å². The fraction of sp³-hybridized carbons (Fsp3) is 0.714. The van der Waals surface area contributed by atoms with E-state index in [0.717, 1.165) is 30.8 Å². The van der Waals surface area contributed by atoms with Gasteiger partial charge in [-0.15, -0.1) is 0 Å². The molecule has 1 unspecified atom stereocenters. The summed E-state index contributed by atoms with van der Waals surface area (Å²) in [7, 11) is 0. The fourth-order valence-electron chi connectivity index (χ4n) is 2.56. The Morgan fingerprint density at radius 1 is 1.37 bits per heavy atom. The van der Waals surface area contributed by atoms with E-state index in [1.807, 2.05) is 18.7 Å². The molecule has 104 valence electrons. The zero-order chi connectivity index (χ0) is 13.4. The van der Waals surface area contributed by atoms with E-state index in [0.29, 0.717) is 18.5 Å². The second kappa shape index (κ2) is 4.96. The van der Waals surface area contributed by atoms with Crippen LogP contribution in [0.2, 0.25) is 0 Å². The summed E-state index contributed by atoms with van der Waals surface area (Å²) in [5.74, 6) is 1.69. The third-order valence-electron chi connectivity index (χ3n) is 3.94. The lowest BCUT2D eigenvalue weighted by molar-refractivity contribution is -0.137. The smallest absolute Gasteiger partial charge is 0.240 e. The summed E-state index contributed by atoms with van der Waals surface area (Å²) >= 11 is 0. The van der Waals surface area contributed by atoms with Crippen LogP contribution in [0.15, 0.2) is 4.42 Å². The lowest BCUT2D eigenvalue weighted by atomic mass is 10.0. The van der Waals surface area contributed by atoms with Crippen LogP contribution in [0.3, 0.4) is 0 Å². The Bertz CT molecular complexity index is 460. The van der Waals surface area contributed by atoms with Crippen LogP contribution in [0, 0.1) is 13.8 Å². The first-order chi connectivity index (χ1) is 9.13. The third-order valence-corrected chi connectivity index (χ3v) is 3.94. The predicted molar refractivity (Wildman–Crippen MR) is 70.6 cm³/mol. The van der Waals surface area contributed by atoms with Crippen molar-refractivity contribution in [2.24, 2.45) is 0 Å². The Kier molecular flexibility index (Phi) is 3.31. The van der Waals surface area contributed by atoms with Crippen molar-refractivity contribution in [1.82, 2.24) is 15.2 Å².